The van der Waals surface area contributed by atoms with Gasteiger partial charge in [-0.3, -0.25) is 14.3 Å². The van der Waals surface area contributed by atoms with Crippen molar-refractivity contribution in [2.45, 2.75) is 13.2 Å². The standard InChI is InChI=1S/C10H10N2O3/c1-6-5-12(10(14)11-9(6)13)8-4-3-7(2)15-8/h3-5,8H,2H2,1H3,(H,11,13,14). The Bertz CT molecular complexity index is 551. The van der Waals surface area contributed by atoms with Crippen LogP contribution < -0.4 is 11.2 Å². The maximum Gasteiger partial charge on any atom is 0.331 e. The number of rotatable bonds is 1. The first-order valence-electron chi connectivity index (χ1n) is 4.44. The Morgan fingerprint density at radius 3 is 2.87 bits per heavy atom. The van der Waals surface area contributed by atoms with Gasteiger partial charge in [0.2, 0.25) is 0 Å². The van der Waals surface area contributed by atoms with Gasteiger partial charge in [0, 0.05) is 11.8 Å². The van der Waals surface area contributed by atoms with Crippen LogP contribution in [-0.4, -0.2) is 9.55 Å². The zero-order valence-electron chi connectivity index (χ0n) is 8.19. The van der Waals surface area contributed by atoms with E-state index in [0.29, 0.717) is 11.3 Å². The molecule has 0 bridgehead atoms. The van der Waals surface area contributed by atoms with Crippen LogP contribution in [0.5, 0.6) is 0 Å². The second kappa shape index (κ2) is 3.27. The van der Waals surface area contributed by atoms with Crippen molar-refractivity contribution in [3.8, 4) is 0 Å². The fourth-order valence-electron chi connectivity index (χ4n) is 1.35. The van der Waals surface area contributed by atoms with Crippen LogP contribution in [0.2, 0.25) is 0 Å². The third-order valence-corrected chi connectivity index (χ3v) is 2.14. The minimum absolute atomic E-state index is 0.378. The Morgan fingerprint density at radius 1 is 1.53 bits per heavy atom. The van der Waals surface area contributed by atoms with Gasteiger partial charge in [-0.05, 0) is 19.1 Å². The number of aryl methyl sites for hydroxylation is 1. The van der Waals surface area contributed by atoms with Crippen molar-refractivity contribution >= 4 is 0 Å². The minimum Gasteiger partial charge on any atom is -0.467 e. The average molecular weight is 206 g/mol. The molecule has 1 unspecified atom stereocenters. The molecular formula is C10H10N2O3. The highest BCUT2D eigenvalue weighted by Crippen LogP contribution is 2.20. The number of hydrogen-bond donors (Lipinski definition) is 1. The number of nitrogens with one attached hydrogen (secondary N) is 1. The molecule has 1 atom stereocenters. The highest BCUT2D eigenvalue weighted by Gasteiger charge is 2.16. The van der Waals surface area contributed by atoms with Gasteiger partial charge in [0.1, 0.15) is 5.76 Å². The van der Waals surface area contributed by atoms with E-state index in [1.165, 1.54) is 10.8 Å². The summed E-state index contributed by atoms with van der Waals surface area (Å²) in [5.74, 6) is 0.496. The summed E-state index contributed by atoms with van der Waals surface area (Å²) in [5, 5.41) is 0. The summed E-state index contributed by atoms with van der Waals surface area (Å²) in [6.45, 7) is 5.23. The van der Waals surface area contributed by atoms with Crippen molar-refractivity contribution in [3.63, 3.8) is 0 Å². The van der Waals surface area contributed by atoms with E-state index in [-0.39, 0.29) is 5.56 Å². The predicted molar refractivity (Wildman–Crippen MR) is 54.5 cm³/mol. The third-order valence-electron chi connectivity index (χ3n) is 2.14. The normalized spacial score (nSPS) is 19.3. The first-order valence-corrected chi connectivity index (χ1v) is 4.44. The van der Waals surface area contributed by atoms with Crippen LogP contribution in [0.1, 0.15) is 11.8 Å². The lowest BCUT2D eigenvalue weighted by Gasteiger charge is -2.12. The summed E-state index contributed by atoms with van der Waals surface area (Å²) in [7, 11) is 0. The Kier molecular flexibility index (Phi) is 2.07. The lowest BCUT2D eigenvalue weighted by molar-refractivity contribution is 0.118. The van der Waals surface area contributed by atoms with Crippen molar-refractivity contribution in [2.75, 3.05) is 0 Å². The average Bonchev–Trinajstić information content (AvgIpc) is 2.58. The van der Waals surface area contributed by atoms with Gasteiger partial charge in [-0.1, -0.05) is 6.58 Å². The third kappa shape index (κ3) is 1.63. The fraction of sp³-hybridized carbons (Fsp3) is 0.200. The molecule has 1 aromatic heterocycles. The molecule has 0 amide bonds. The smallest absolute Gasteiger partial charge is 0.331 e. The van der Waals surface area contributed by atoms with Crippen LogP contribution in [0.3, 0.4) is 0 Å². The Morgan fingerprint density at radius 2 is 2.27 bits per heavy atom. The topological polar surface area (TPSA) is 64.1 Å². The van der Waals surface area contributed by atoms with E-state index in [9.17, 15) is 9.59 Å². The molecule has 2 heterocycles. The second-order valence-electron chi connectivity index (χ2n) is 3.31. The molecule has 0 aromatic carbocycles. The summed E-state index contributed by atoms with van der Waals surface area (Å²) in [5.41, 5.74) is -0.406. The second-order valence-corrected chi connectivity index (χ2v) is 3.31. The lowest BCUT2D eigenvalue weighted by atomic mass is 10.4. The van der Waals surface area contributed by atoms with Crippen LogP contribution in [0.4, 0.5) is 0 Å². The summed E-state index contributed by atoms with van der Waals surface area (Å²) in [4.78, 5) is 24.8. The summed E-state index contributed by atoms with van der Waals surface area (Å²) < 4.78 is 6.57. The molecule has 1 aliphatic heterocycles. The molecule has 2 rings (SSSR count). The first kappa shape index (κ1) is 9.51. The zero-order chi connectivity index (χ0) is 11.0. The molecule has 0 spiro atoms. The largest absolute Gasteiger partial charge is 0.467 e. The number of ether oxygens (including phenoxy) is 1. The number of aromatic nitrogens is 2. The van der Waals surface area contributed by atoms with Crippen molar-refractivity contribution in [1.82, 2.24) is 9.55 Å². The molecule has 0 saturated carbocycles. The van der Waals surface area contributed by atoms with E-state index >= 15 is 0 Å². The van der Waals surface area contributed by atoms with Crippen molar-refractivity contribution in [1.29, 1.82) is 0 Å². The van der Waals surface area contributed by atoms with Crippen molar-refractivity contribution in [2.24, 2.45) is 0 Å². The van der Waals surface area contributed by atoms with Gasteiger partial charge in [0.15, 0.2) is 6.23 Å². The van der Waals surface area contributed by atoms with Gasteiger partial charge >= 0.3 is 5.69 Å². The van der Waals surface area contributed by atoms with Crippen LogP contribution in [0.25, 0.3) is 0 Å². The number of H-pyrrole nitrogens is 1. The Labute approximate surface area is 85.3 Å². The van der Waals surface area contributed by atoms with E-state index in [1.807, 2.05) is 0 Å². The molecular weight excluding hydrogens is 196 g/mol. The first-order chi connectivity index (χ1) is 7.08. The molecule has 1 aromatic rings. The van der Waals surface area contributed by atoms with E-state index in [0.717, 1.165) is 0 Å². The highest BCUT2D eigenvalue weighted by molar-refractivity contribution is 5.16. The molecule has 78 valence electrons. The number of allylic oxidation sites excluding steroid dienone is 1. The fourth-order valence-corrected chi connectivity index (χ4v) is 1.35. The number of aromatic amines is 1. The van der Waals surface area contributed by atoms with Gasteiger partial charge < -0.3 is 4.74 Å². The van der Waals surface area contributed by atoms with E-state index in [2.05, 4.69) is 11.6 Å². The maximum atomic E-state index is 11.4. The predicted octanol–water partition coefficient (Wildman–Crippen LogP) is 0.444. The Hall–Kier alpha value is -2.04. The van der Waals surface area contributed by atoms with Gasteiger partial charge in [-0.2, -0.15) is 0 Å². The number of hydrogen-bond acceptors (Lipinski definition) is 3. The molecule has 0 saturated heterocycles. The minimum atomic E-state index is -0.513. The molecule has 0 radical (unpaired) electrons. The SMILES string of the molecule is C=C1C=CC(n2cc(C)c(=O)[nH]c2=O)O1. The van der Waals surface area contributed by atoms with Gasteiger partial charge in [-0.15, -0.1) is 0 Å². The highest BCUT2D eigenvalue weighted by atomic mass is 16.5. The van der Waals surface area contributed by atoms with E-state index in [1.54, 1.807) is 19.1 Å². The molecule has 0 fully saturated rings. The van der Waals surface area contributed by atoms with E-state index < -0.39 is 11.9 Å². The van der Waals surface area contributed by atoms with Gasteiger partial charge in [0.25, 0.3) is 5.56 Å². The van der Waals surface area contributed by atoms with Crippen LogP contribution in [0, 0.1) is 6.92 Å². The van der Waals surface area contributed by atoms with Crippen molar-refractivity contribution < 1.29 is 4.74 Å². The summed E-state index contributed by atoms with van der Waals surface area (Å²) >= 11 is 0. The maximum absolute atomic E-state index is 11.4. The van der Waals surface area contributed by atoms with Gasteiger partial charge in [0.05, 0.1) is 0 Å². The molecule has 5 heteroatoms. The van der Waals surface area contributed by atoms with Crippen LogP contribution in [0.15, 0.2) is 40.3 Å². The lowest BCUT2D eigenvalue weighted by Crippen LogP contribution is -2.32. The van der Waals surface area contributed by atoms with Gasteiger partial charge in [-0.25, -0.2) is 4.79 Å². The summed E-state index contributed by atoms with van der Waals surface area (Å²) in [6.07, 6.45) is 4.33. The molecule has 1 N–H and O–H groups in total. The molecule has 15 heavy (non-hydrogen) atoms. The Balaban J connectivity index is 2.50. The zero-order valence-corrected chi connectivity index (χ0v) is 8.19. The van der Waals surface area contributed by atoms with Crippen molar-refractivity contribution in [3.05, 3.63) is 57.1 Å². The van der Waals surface area contributed by atoms with E-state index in [4.69, 9.17) is 4.74 Å². The monoisotopic (exact) mass is 206 g/mol. The van der Waals surface area contributed by atoms with Crippen LogP contribution >= 0.6 is 0 Å². The number of nitrogens with zero attached hydrogens (tertiary/aromatic N) is 1. The quantitative estimate of drug-likeness (QED) is 0.725. The molecule has 5 nitrogen and oxygen atoms in total. The summed E-state index contributed by atoms with van der Waals surface area (Å²) in [6, 6.07) is 0. The molecule has 0 aliphatic carbocycles. The molecule has 1 aliphatic rings. The van der Waals surface area contributed by atoms with Crippen LogP contribution in [-0.2, 0) is 4.74 Å².